The maximum Gasteiger partial charge on any atom is 0.125 e. The summed E-state index contributed by atoms with van der Waals surface area (Å²) in [4.78, 5) is 11.7. The topological polar surface area (TPSA) is 44.2 Å². The molecular formula is C8H10N2O. The largest absolute Gasteiger partial charge is 0.327 e. The smallest absolute Gasteiger partial charge is 0.125 e. The minimum absolute atomic E-state index is 0.414. The molecule has 0 aliphatic carbocycles. The lowest BCUT2D eigenvalue weighted by Gasteiger charge is -2.17. The van der Waals surface area contributed by atoms with Crippen LogP contribution in [0.15, 0.2) is 24.4 Å². The van der Waals surface area contributed by atoms with Gasteiger partial charge in [0.25, 0.3) is 0 Å². The van der Waals surface area contributed by atoms with Crippen molar-refractivity contribution < 1.29 is 4.79 Å². The van der Waals surface area contributed by atoms with E-state index in [0.717, 1.165) is 12.0 Å². The first-order chi connectivity index (χ1) is 5.25. The maximum atomic E-state index is 10.0. The van der Waals surface area contributed by atoms with Crippen molar-refractivity contribution in [3.63, 3.8) is 0 Å². The summed E-state index contributed by atoms with van der Waals surface area (Å²) >= 11 is 0. The molecule has 0 amide bonds. The first-order valence-electron chi connectivity index (χ1n) is 3.42. The number of carbonyl (C=O) groups excluding carboxylic acids is 1. The van der Waals surface area contributed by atoms with Crippen LogP contribution in [0.5, 0.6) is 0 Å². The number of hydrogen-bond donors (Lipinski definition) is 1. The molecule has 3 heteroatoms. The summed E-state index contributed by atoms with van der Waals surface area (Å²) in [6.07, 6.45) is 4.74. The predicted octanol–water partition coefficient (Wildman–Crippen LogP) is 0.938. The molecule has 3 nitrogen and oxygen atoms in total. The molecule has 0 atom stereocenters. The Morgan fingerprint density at radius 2 is 2.36 bits per heavy atom. The summed E-state index contributed by atoms with van der Waals surface area (Å²) in [6, 6.07) is 0. The molecule has 0 aromatic heterocycles. The Hall–Kier alpha value is -1.38. The van der Waals surface area contributed by atoms with E-state index in [9.17, 15) is 4.79 Å². The van der Waals surface area contributed by atoms with Crippen molar-refractivity contribution in [3.05, 3.63) is 24.4 Å². The van der Waals surface area contributed by atoms with Crippen LogP contribution < -0.4 is 0 Å². The Morgan fingerprint density at radius 1 is 1.64 bits per heavy atom. The van der Waals surface area contributed by atoms with Gasteiger partial charge in [0.15, 0.2) is 0 Å². The minimum Gasteiger partial charge on any atom is -0.327 e. The van der Waals surface area contributed by atoms with Crippen LogP contribution in [0.4, 0.5) is 0 Å². The van der Waals surface area contributed by atoms with Crippen LogP contribution in [0.2, 0.25) is 0 Å². The molecule has 11 heavy (non-hydrogen) atoms. The van der Waals surface area contributed by atoms with Crippen LogP contribution in [0, 0.1) is 5.41 Å². The highest BCUT2D eigenvalue weighted by atomic mass is 16.1. The molecule has 0 saturated heterocycles. The number of hydrogen-bond acceptors (Lipinski definition) is 2. The summed E-state index contributed by atoms with van der Waals surface area (Å²) in [6.45, 7) is 4.28. The molecule has 0 fully saturated rings. The molecule has 1 heterocycles. The van der Waals surface area contributed by atoms with Crippen molar-refractivity contribution in [2.75, 3.05) is 6.54 Å². The van der Waals surface area contributed by atoms with Crippen molar-refractivity contribution in [1.82, 2.24) is 4.90 Å². The van der Waals surface area contributed by atoms with Gasteiger partial charge < -0.3 is 9.69 Å². The van der Waals surface area contributed by atoms with Crippen molar-refractivity contribution in [1.29, 1.82) is 5.41 Å². The average Bonchev–Trinajstić information content (AvgIpc) is 2.29. The third-order valence-electron chi connectivity index (χ3n) is 1.54. The molecule has 0 saturated carbocycles. The van der Waals surface area contributed by atoms with Gasteiger partial charge in [0, 0.05) is 18.7 Å². The van der Waals surface area contributed by atoms with Gasteiger partial charge in [-0.25, -0.2) is 0 Å². The van der Waals surface area contributed by atoms with E-state index in [1.165, 1.54) is 0 Å². The number of carbonyl (C=O) groups is 1. The monoisotopic (exact) mass is 150 g/mol. The Bertz CT molecular complexity index is 212. The Labute approximate surface area is 65.5 Å². The van der Waals surface area contributed by atoms with E-state index in [2.05, 4.69) is 6.58 Å². The first kappa shape index (κ1) is 7.72. The standard InChI is InChI=1S/C8H10N2O/c1-7-3-4-8(9)10(7)5-2-6-11/h3-4,6,9H,1-2,5H2. The number of aldehydes is 1. The summed E-state index contributed by atoms with van der Waals surface area (Å²) in [7, 11) is 0. The number of amidine groups is 1. The van der Waals surface area contributed by atoms with Crippen LogP contribution >= 0.6 is 0 Å². The normalized spacial score (nSPS) is 16.2. The molecule has 1 aliphatic heterocycles. The van der Waals surface area contributed by atoms with Gasteiger partial charge in [-0.15, -0.1) is 0 Å². The SMILES string of the molecule is C=C1C=CC(=N)N1CCC=O. The van der Waals surface area contributed by atoms with Gasteiger partial charge in [-0.2, -0.15) is 0 Å². The second kappa shape index (κ2) is 3.14. The fraction of sp³-hybridized carbons (Fsp3) is 0.250. The fourth-order valence-electron chi connectivity index (χ4n) is 0.956. The van der Waals surface area contributed by atoms with E-state index in [1.54, 1.807) is 17.1 Å². The van der Waals surface area contributed by atoms with Gasteiger partial charge in [-0.05, 0) is 12.2 Å². The van der Waals surface area contributed by atoms with Gasteiger partial charge in [0.05, 0.1) is 0 Å². The van der Waals surface area contributed by atoms with Crippen LogP contribution in [-0.4, -0.2) is 23.6 Å². The highest BCUT2D eigenvalue weighted by molar-refractivity contribution is 5.95. The van der Waals surface area contributed by atoms with E-state index in [1.807, 2.05) is 0 Å². The van der Waals surface area contributed by atoms with E-state index >= 15 is 0 Å². The lowest BCUT2D eigenvalue weighted by atomic mass is 10.4. The van der Waals surface area contributed by atoms with Crippen LogP contribution in [0.3, 0.4) is 0 Å². The molecule has 0 unspecified atom stereocenters. The second-order valence-corrected chi connectivity index (χ2v) is 2.32. The average molecular weight is 150 g/mol. The highest BCUT2D eigenvalue weighted by Gasteiger charge is 2.13. The molecule has 1 N–H and O–H groups in total. The van der Waals surface area contributed by atoms with Crippen LogP contribution in [0.1, 0.15) is 6.42 Å². The van der Waals surface area contributed by atoms with Gasteiger partial charge in [0.1, 0.15) is 12.1 Å². The first-order valence-corrected chi connectivity index (χ1v) is 3.42. The van der Waals surface area contributed by atoms with Crippen molar-refractivity contribution in [3.8, 4) is 0 Å². The molecular weight excluding hydrogens is 140 g/mol. The fourth-order valence-corrected chi connectivity index (χ4v) is 0.956. The molecule has 0 aromatic rings. The molecule has 0 radical (unpaired) electrons. The van der Waals surface area contributed by atoms with Crippen molar-refractivity contribution in [2.24, 2.45) is 0 Å². The van der Waals surface area contributed by atoms with Crippen LogP contribution in [0.25, 0.3) is 0 Å². The number of nitrogens with one attached hydrogen (secondary N) is 1. The maximum absolute atomic E-state index is 10.0. The zero-order valence-corrected chi connectivity index (χ0v) is 6.21. The van der Waals surface area contributed by atoms with E-state index in [-0.39, 0.29) is 0 Å². The second-order valence-electron chi connectivity index (χ2n) is 2.32. The third kappa shape index (κ3) is 1.55. The lowest BCUT2D eigenvalue weighted by Crippen LogP contribution is -2.24. The molecule has 1 aliphatic rings. The predicted molar refractivity (Wildman–Crippen MR) is 43.4 cm³/mol. The van der Waals surface area contributed by atoms with Crippen molar-refractivity contribution in [2.45, 2.75) is 6.42 Å². The third-order valence-corrected chi connectivity index (χ3v) is 1.54. The van der Waals surface area contributed by atoms with Crippen LogP contribution in [-0.2, 0) is 4.79 Å². The lowest BCUT2D eigenvalue weighted by molar-refractivity contribution is -0.107. The van der Waals surface area contributed by atoms with E-state index in [0.29, 0.717) is 18.8 Å². The van der Waals surface area contributed by atoms with Gasteiger partial charge >= 0.3 is 0 Å². The quantitative estimate of drug-likeness (QED) is 0.608. The summed E-state index contributed by atoms with van der Waals surface area (Å²) in [5.41, 5.74) is 0.789. The summed E-state index contributed by atoms with van der Waals surface area (Å²) in [5.74, 6) is 0.414. The minimum atomic E-state index is 0.414. The Balaban J connectivity index is 2.52. The Kier molecular flexibility index (Phi) is 2.21. The molecule has 0 aromatic carbocycles. The van der Waals surface area contributed by atoms with E-state index < -0.39 is 0 Å². The molecule has 0 bridgehead atoms. The number of allylic oxidation sites excluding steroid dienone is 1. The van der Waals surface area contributed by atoms with Gasteiger partial charge in [0.2, 0.25) is 0 Å². The summed E-state index contributed by atoms with van der Waals surface area (Å²) < 4.78 is 0. The highest BCUT2D eigenvalue weighted by Crippen LogP contribution is 2.12. The molecule has 1 rings (SSSR count). The van der Waals surface area contributed by atoms with Crippen molar-refractivity contribution >= 4 is 12.1 Å². The zero-order valence-electron chi connectivity index (χ0n) is 6.21. The van der Waals surface area contributed by atoms with Gasteiger partial charge in [-0.1, -0.05) is 6.58 Å². The summed E-state index contributed by atoms with van der Waals surface area (Å²) in [5, 5.41) is 7.38. The number of rotatable bonds is 3. The van der Waals surface area contributed by atoms with E-state index in [4.69, 9.17) is 5.41 Å². The van der Waals surface area contributed by atoms with Gasteiger partial charge in [-0.3, -0.25) is 5.41 Å². The zero-order chi connectivity index (χ0) is 8.27. The Morgan fingerprint density at radius 3 is 2.82 bits per heavy atom. The number of nitrogens with zero attached hydrogens (tertiary/aromatic N) is 1. The molecule has 58 valence electrons. The molecule has 0 spiro atoms.